The fraction of sp³-hybridized carbons (Fsp3) is 0.222. The maximum absolute atomic E-state index is 13.4. The second-order valence-corrected chi connectivity index (χ2v) is 9.81. The van der Waals surface area contributed by atoms with Crippen molar-refractivity contribution in [3.8, 4) is 5.69 Å². The Morgan fingerprint density at radius 2 is 1.80 bits per heavy atom. The highest BCUT2D eigenvalue weighted by Crippen LogP contribution is 2.61. The summed E-state index contributed by atoms with van der Waals surface area (Å²) in [6.45, 7) is 0. The van der Waals surface area contributed by atoms with E-state index < -0.39 is 5.41 Å². The van der Waals surface area contributed by atoms with E-state index in [2.05, 4.69) is 5.10 Å². The predicted octanol–water partition coefficient (Wildman–Crippen LogP) is 5.18. The van der Waals surface area contributed by atoms with E-state index in [0.29, 0.717) is 23.6 Å². The lowest BCUT2D eigenvalue weighted by Crippen LogP contribution is -2.36. The lowest BCUT2D eigenvalue weighted by Gasteiger charge is -2.32. The van der Waals surface area contributed by atoms with Gasteiger partial charge in [0.25, 0.3) is 0 Å². The van der Waals surface area contributed by atoms with Gasteiger partial charge in [-0.3, -0.25) is 9.59 Å². The number of nitrogens with zero attached hydrogens (tertiary/aromatic N) is 3. The van der Waals surface area contributed by atoms with Crippen molar-refractivity contribution in [3.05, 3.63) is 89.3 Å². The summed E-state index contributed by atoms with van der Waals surface area (Å²) in [5.74, 6) is -0.951. The highest BCUT2D eigenvalue weighted by molar-refractivity contribution is 6.30. The van der Waals surface area contributed by atoms with Crippen LogP contribution in [0.25, 0.3) is 16.6 Å². The normalized spacial score (nSPS) is 21.0. The summed E-state index contributed by atoms with van der Waals surface area (Å²) in [6, 6.07) is 18.9. The second-order valence-electron chi connectivity index (χ2n) is 9.37. The van der Waals surface area contributed by atoms with Gasteiger partial charge in [0, 0.05) is 28.4 Å². The van der Waals surface area contributed by atoms with E-state index in [1.54, 1.807) is 34.0 Å². The fourth-order valence-corrected chi connectivity index (χ4v) is 5.70. The topological polar surface area (TPSA) is 81.2 Å². The molecule has 6 nitrogen and oxygen atoms in total. The lowest BCUT2D eigenvalue weighted by atomic mass is 9.79. The first kappa shape index (κ1) is 21.8. The van der Waals surface area contributed by atoms with Crippen LogP contribution in [0.15, 0.2) is 72.9 Å². The molecule has 4 aromatic rings. The Labute approximate surface area is 206 Å². The molecule has 2 atom stereocenters. The average molecular weight is 489 g/mol. The number of amides is 2. The number of halogens is 2. The van der Waals surface area contributed by atoms with Crippen LogP contribution in [0.4, 0.5) is 10.1 Å². The van der Waals surface area contributed by atoms with Gasteiger partial charge in [0.2, 0.25) is 11.8 Å². The van der Waals surface area contributed by atoms with E-state index in [-0.39, 0.29) is 36.0 Å². The molecule has 2 heterocycles. The van der Waals surface area contributed by atoms with Crippen LogP contribution in [0.3, 0.4) is 0 Å². The molecule has 8 heteroatoms. The highest BCUT2D eigenvalue weighted by atomic mass is 35.5. The molecule has 0 spiro atoms. The first-order valence-corrected chi connectivity index (χ1v) is 11.9. The molecule has 1 aromatic heterocycles. The third-order valence-electron chi connectivity index (χ3n) is 7.40. The molecular weight excluding hydrogens is 467 g/mol. The van der Waals surface area contributed by atoms with E-state index in [9.17, 15) is 14.0 Å². The van der Waals surface area contributed by atoms with E-state index in [1.165, 1.54) is 12.1 Å². The predicted molar refractivity (Wildman–Crippen MR) is 132 cm³/mol. The van der Waals surface area contributed by atoms with Crippen molar-refractivity contribution in [1.29, 1.82) is 0 Å². The smallest absolute Gasteiger partial charge is 0.227 e. The molecular formula is C27H22ClFN4O2. The molecule has 35 heavy (non-hydrogen) atoms. The largest absolute Gasteiger partial charge is 0.369 e. The van der Waals surface area contributed by atoms with Crippen LogP contribution in [-0.4, -0.2) is 21.6 Å². The van der Waals surface area contributed by atoms with Crippen LogP contribution in [0.1, 0.15) is 30.9 Å². The van der Waals surface area contributed by atoms with Gasteiger partial charge in [0.15, 0.2) is 0 Å². The van der Waals surface area contributed by atoms with E-state index in [0.717, 1.165) is 22.2 Å². The molecule has 2 aliphatic rings. The van der Waals surface area contributed by atoms with Crippen molar-refractivity contribution in [2.75, 3.05) is 4.90 Å². The van der Waals surface area contributed by atoms with Crippen LogP contribution < -0.4 is 10.6 Å². The Bertz CT molecular complexity index is 1480. The number of hydrogen-bond donors (Lipinski definition) is 1. The van der Waals surface area contributed by atoms with E-state index >= 15 is 0 Å². The van der Waals surface area contributed by atoms with Gasteiger partial charge in [-0.1, -0.05) is 23.7 Å². The van der Waals surface area contributed by atoms with Gasteiger partial charge in [0.1, 0.15) is 5.82 Å². The minimum absolute atomic E-state index is 0.0576. The summed E-state index contributed by atoms with van der Waals surface area (Å²) >= 11 is 6.31. The molecule has 2 amide bonds. The van der Waals surface area contributed by atoms with Gasteiger partial charge in [-0.2, -0.15) is 5.10 Å². The minimum Gasteiger partial charge on any atom is -0.369 e. The summed E-state index contributed by atoms with van der Waals surface area (Å²) in [6.07, 6.45) is 3.34. The molecule has 2 unspecified atom stereocenters. The highest BCUT2D eigenvalue weighted by Gasteiger charge is 2.61. The van der Waals surface area contributed by atoms with E-state index in [4.69, 9.17) is 17.3 Å². The summed E-state index contributed by atoms with van der Waals surface area (Å²) in [5, 5.41) is 5.88. The molecule has 176 valence electrons. The average Bonchev–Trinajstić information content (AvgIpc) is 3.44. The molecule has 1 aliphatic heterocycles. The fourth-order valence-electron chi connectivity index (χ4n) is 5.50. The molecule has 1 saturated carbocycles. The summed E-state index contributed by atoms with van der Waals surface area (Å²) in [5.41, 5.74) is 8.32. The Morgan fingerprint density at radius 1 is 1.06 bits per heavy atom. The van der Waals surface area contributed by atoms with Crippen LogP contribution in [-0.2, 0) is 9.59 Å². The number of anilines is 1. The third kappa shape index (κ3) is 3.49. The van der Waals surface area contributed by atoms with Crippen molar-refractivity contribution in [3.63, 3.8) is 0 Å². The lowest BCUT2D eigenvalue weighted by molar-refractivity contribution is -0.125. The zero-order valence-electron chi connectivity index (χ0n) is 18.7. The molecule has 3 aromatic carbocycles. The molecule has 1 aliphatic carbocycles. The summed E-state index contributed by atoms with van der Waals surface area (Å²) in [7, 11) is 0. The first-order valence-electron chi connectivity index (χ1n) is 11.5. The monoisotopic (exact) mass is 488 g/mol. The van der Waals surface area contributed by atoms with Gasteiger partial charge >= 0.3 is 0 Å². The maximum atomic E-state index is 13.4. The standard InChI is InChI=1S/C27H22ClFN4O2/c28-18-3-1-2-16(12-18)25-22(27(10-11-27)26(30)35)14-24(34)32(25)21-8-9-23-17(13-21)15-31-33(23)20-6-4-19(29)5-7-20/h1-9,12-13,15,22,25H,10-11,14H2,(H2,30,35). The number of benzene rings is 3. The SMILES string of the molecule is NC(=O)C1(C2CC(=O)N(c3ccc4c(cnn4-c4ccc(F)cc4)c3)C2c2cccc(Cl)c2)CC1. The Kier molecular flexibility index (Phi) is 4.93. The Morgan fingerprint density at radius 3 is 2.49 bits per heavy atom. The quantitative estimate of drug-likeness (QED) is 0.420. The zero-order valence-corrected chi connectivity index (χ0v) is 19.5. The van der Waals surface area contributed by atoms with Crippen LogP contribution in [0.2, 0.25) is 5.02 Å². The van der Waals surface area contributed by atoms with Crippen molar-refractivity contribution in [2.24, 2.45) is 17.1 Å². The Balaban J connectivity index is 1.44. The number of primary amides is 1. The molecule has 2 N–H and O–H groups in total. The van der Waals surface area contributed by atoms with Gasteiger partial charge in [0.05, 0.1) is 28.9 Å². The number of carbonyl (C=O) groups excluding carboxylic acids is 2. The number of carbonyl (C=O) groups is 2. The van der Waals surface area contributed by atoms with E-state index in [1.807, 2.05) is 36.4 Å². The van der Waals surface area contributed by atoms with Gasteiger partial charge in [-0.25, -0.2) is 9.07 Å². The van der Waals surface area contributed by atoms with Crippen molar-refractivity contribution >= 4 is 40.0 Å². The second kappa shape index (κ2) is 7.92. The zero-order chi connectivity index (χ0) is 24.3. The van der Waals surface area contributed by atoms with Crippen LogP contribution in [0.5, 0.6) is 0 Å². The van der Waals surface area contributed by atoms with Gasteiger partial charge in [-0.15, -0.1) is 0 Å². The molecule has 2 fully saturated rings. The van der Waals surface area contributed by atoms with Crippen molar-refractivity contribution < 1.29 is 14.0 Å². The molecule has 0 radical (unpaired) electrons. The van der Waals surface area contributed by atoms with Crippen molar-refractivity contribution in [1.82, 2.24) is 9.78 Å². The third-order valence-corrected chi connectivity index (χ3v) is 7.64. The molecule has 1 saturated heterocycles. The minimum atomic E-state index is -0.672. The number of fused-ring (bicyclic) bond motifs is 1. The molecule has 6 rings (SSSR count). The van der Waals surface area contributed by atoms with Crippen LogP contribution >= 0.6 is 11.6 Å². The summed E-state index contributed by atoms with van der Waals surface area (Å²) in [4.78, 5) is 27.6. The first-order chi connectivity index (χ1) is 16.9. The molecule has 0 bridgehead atoms. The number of hydrogen-bond acceptors (Lipinski definition) is 3. The maximum Gasteiger partial charge on any atom is 0.227 e. The number of nitrogens with two attached hydrogens (primary N) is 1. The van der Waals surface area contributed by atoms with Gasteiger partial charge < -0.3 is 10.6 Å². The number of aromatic nitrogens is 2. The van der Waals surface area contributed by atoms with Gasteiger partial charge in [-0.05, 0) is 73.0 Å². The Hall–Kier alpha value is -3.71. The van der Waals surface area contributed by atoms with Crippen LogP contribution in [0, 0.1) is 17.2 Å². The summed E-state index contributed by atoms with van der Waals surface area (Å²) < 4.78 is 15.1. The number of rotatable bonds is 5. The van der Waals surface area contributed by atoms with Crippen molar-refractivity contribution in [2.45, 2.75) is 25.3 Å².